The van der Waals surface area contributed by atoms with Crippen LogP contribution in [0.4, 0.5) is 0 Å². The molecule has 0 aromatic heterocycles. The predicted molar refractivity (Wildman–Crippen MR) is 90.1 cm³/mol. The van der Waals surface area contributed by atoms with Crippen LogP contribution < -0.4 is 5.32 Å². The van der Waals surface area contributed by atoms with Crippen molar-refractivity contribution in [2.75, 3.05) is 13.1 Å². The van der Waals surface area contributed by atoms with Gasteiger partial charge in [0.1, 0.15) is 0 Å². The first-order valence-corrected chi connectivity index (χ1v) is 8.24. The van der Waals surface area contributed by atoms with Crippen LogP contribution in [-0.4, -0.2) is 18.8 Å². The molecule has 2 aliphatic rings. The van der Waals surface area contributed by atoms with Crippen LogP contribution in [-0.2, 0) is 0 Å². The van der Waals surface area contributed by atoms with Crippen LogP contribution in [0.25, 0.3) is 0 Å². The smallest absolute Gasteiger partial charge is 0.0408 e. The monoisotopic (exact) mass is 302 g/mol. The summed E-state index contributed by atoms with van der Waals surface area (Å²) >= 11 is 6.15. The van der Waals surface area contributed by atoms with Gasteiger partial charge in [0.25, 0.3) is 0 Å². The summed E-state index contributed by atoms with van der Waals surface area (Å²) in [7, 11) is 0. The van der Waals surface area contributed by atoms with Gasteiger partial charge in [0.2, 0.25) is 0 Å². The SMILES string of the molecule is C/C=C(\N=C(C)C1CNCC1c1cccc(Cl)c1)C1CC1. The molecule has 0 spiro atoms. The minimum absolute atomic E-state index is 0.470. The third-order valence-electron chi connectivity index (χ3n) is 4.62. The van der Waals surface area contributed by atoms with Crippen molar-refractivity contribution in [2.45, 2.75) is 32.6 Å². The summed E-state index contributed by atoms with van der Waals surface area (Å²) in [4.78, 5) is 4.94. The van der Waals surface area contributed by atoms with Gasteiger partial charge in [-0.25, -0.2) is 0 Å². The van der Waals surface area contributed by atoms with Gasteiger partial charge in [-0.15, -0.1) is 0 Å². The second-order valence-electron chi connectivity index (χ2n) is 6.17. The zero-order valence-corrected chi connectivity index (χ0v) is 13.5. The molecule has 2 nitrogen and oxygen atoms in total. The molecule has 1 aromatic rings. The van der Waals surface area contributed by atoms with E-state index in [-0.39, 0.29) is 0 Å². The van der Waals surface area contributed by atoms with E-state index < -0.39 is 0 Å². The molecule has 0 bridgehead atoms. The largest absolute Gasteiger partial charge is 0.315 e. The zero-order valence-electron chi connectivity index (χ0n) is 12.8. The Hall–Kier alpha value is -1.12. The van der Waals surface area contributed by atoms with Crippen LogP contribution in [0.3, 0.4) is 0 Å². The standard InChI is InChI=1S/C18H23ClN2/c1-3-18(13-7-8-13)21-12(2)16-10-20-11-17(16)14-5-4-6-15(19)9-14/h3-6,9,13,16-17,20H,7-8,10-11H2,1-2H3/b18-3-,21-12?. The fourth-order valence-electron chi connectivity index (χ4n) is 3.26. The number of nitrogens with zero attached hydrogens (tertiary/aromatic N) is 1. The highest BCUT2D eigenvalue weighted by Crippen LogP contribution is 2.38. The molecule has 1 aliphatic heterocycles. The van der Waals surface area contributed by atoms with Gasteiger partial charge in [-0.05, 0) is 44.4 Å². The molecular weight excluding hydrogens is 280 g/mol. The summed E-state index contributed by atoms with van der Waals surface area (Å²) in [5.41, 5.74) is 3.86. The normalized spacial score (nSPS) is 27.2. The quantitative estimate of drug-likeness (QED) is 0.818. The second kappa shape index (κ2) is 6.33. The van der Waals surface area contributed by atoms with Crippen LogP contribution in [0.2, 0.25) is 5.02 Å². The lowest BCUT2D eigenvalue weighted by Crippen LogP contribution is -2.19. The van der Waals surface area contributed by atoms with E-state index in [0.717, 1.165) is 18.1 Å². The molecular formula is C18H23ClN2. The summed E-state index contributed by atoms with van der Waals surface area (Å²) in [6, 6.07) is 8.26. The van der Waals surface area contributed by atoms with Crippen molar-refractivity contribution in [3.8, 4) is 0 Å². The Labute approximate surface area is 132 Å². The first kappa shape index (κ1) is 14.8. The van der Waals surface area contributed by atoms with E-state index in [1.807, 2.05) is 12.1 Å². The Morgan fingerprint density at radius 2 is 2.14 bits per heavy atom. The Kier molecular flexibility index (Phi) is 4.46. The van der Waals surface area contributed by atoms with E-state index in [9.17, 15) is 0 Å². The third kappa shape index (κ3) is 3.38. The molecule has 112 valence electrons. The Balaban J connectivity index is 1.81. The van der Waals surface area contributed by atoms with Gasteiger partial charge >= 0.3 is 0 Å². The molecule has 3 rings (SSSR count). The summed E-state index contributed by atoms with van der Waals surface area (Å²) < 4.78 is 0. The molecule has 1 aliphatic carbocycles. The average molecular weight is 303 g/mol. The van der Waals surface area contributed by atoms with E-state index in [2.05, 4.69) is 37.4 Å². The molecule has 1 saturated heterocycles. The van der Waals surface area contributed by atoms with Crippen LogP contribution in [0, 0.1) is 11.8 Å². The first-order valence-electron chi connectivity index (χ1n) is 7.86. The van der Waals surface area contributed by atoms with Crippen LogP contribution in [0.1, 0.15) is 38.2 Å². The maximum absolute atomic E-state index is 6.15. The fourth-order valence-corrected chi connectivity index (χ4v) is 3.46. The van der Waals surface area contributed by atoms with E-state index in [0.29, 0.717) is 17.8 Å². The summed E-state index contributed by atoms with van der Waals surface area (Å²) in [6.45, 7) is 6.30. The van der Waals surface area contributed by atoms with Crippen molar-refractivity contribution in [3.05, 3.63) is 46.6 Å². The Morgan fingerprint density at radius 1 is 1.33 bits per heavy atom. The minimum Gasteiger partial charge on any atom is -0.315 e. The van der Waals surface area contributed by atoms with E-state index in [1.165, 1.54) is 29.8 Å². The van der Waals surface area contributed by atoms with Gasteiger partial charge in [-0.1, -0.05) is 29.8 Å². The number of hydrogen-bond donors (Lipinski definition) is 1. The lowest BCUT2D eigenvalue weighted by molar-refractivity contribution is 0.664. The molecule has 0 radical (unpaired) electrons. The molecule has 2 atom stereocenters. The van der Waals surface area contributed by atoms with E-state index in [4.69, 9.17) is 16.6 Å². The maximum Gasteiger partial charge on any atom is 0.0408 e. The number of aliphatic imine (C=N–C) groups is 1. The minimum atomic E-state index is 0.470. The van der Waals surface area contributed by atoms with Crippen molar-refractivity contribution in [1.29, 1.82) is 0 Å². The third-order valence-corrected chi connectivity index (χ3v) is 4.86. The average Bonchev–Trinajstić information content (AvgIpc) is 3.20. The second-order valence-corrected chi connectivity index (χ2v) is 6.60. The topological polar surface area (TPSA) is 24.4 Å². The highest BCUT2D eigenvalue weighted by Gasteiger charge is 2.32. The van der Waals surface area contributed by atoms with Gasteiger partial charge in [-0.3, -0.25) is 4.99 Å². The number of allylic oxidation sites excluding steroid dienone is 2. The highest BCUT2D eigenvalue weighted by molar-refractivity contribution is 6.30. The van der Waals surface area contributed by atoms with Gasteiger partial charge in [-0.2, -0.15) is 0 Å². The molecule has 3 heteroatoms. The maximum atomic E-state index is 6.15. The lowest BCUT2D eigenvalue weighted by atomic mass is 9.86. The first-order chi connectivity index (χ1) is 10.2. The van der Waals surface area contributed by atoms with Crippen LogP contribution in [0.15, 0.2) is 41.0 Å². The molecule has 1 heterocycles. The van der Waals surface area contributed by atoms with E-state index in [1.54, 1.807) is 0 Å². The van der Waals surface area contributed by atoms with Gasteiger partial charge < -0.3 is 5.32 Å². The highest BCUT2D eigenvalue weighted by atomic mass is 35.5. The van der Waals surface area contributed by atoms with Gasteiger partial charge in [0.15, 0.2) is 0 Å². The van der Waals surface area contributed by atoms with Crippen LogP contribution in [0.5, 0.6) is 0 Å². The van der Waals surface area contributed by atoms with Crippen molar-refractivity contribution >= 4 is 17.3 Å². The summed E-state index contributed by atoms with van der Waals surface area (Å²) in [5, 5.41) is 4.33. The molecule has 21 heavy (non-hydrogen) atoms. The summed E-state index contributed by atoms with van der Waals surface area (Å²) in [6.07, 6.45) is 4.78. The number of nitrogens with one attached hydrogen (secondary N) is 1. The van der Waals surface area contributed by atoms with Crippen LogP contribution >= 0.6 is 11.6 Å². The Morgan fingerprint density at radius 3 is 2.81 bits per heavy atom. The number of hydrogen-bond acceptors (Lipinski definition) is 2. The van der Waals surface area contributed by atoms with Crippen molar-refractivity contribution < 1.29 is 0 Å². The molecule has 2 fully saturated rings. The Bertz CT molecular complexity index is 572. The lowest BCUT2D eigenvalue weighted by Gasteiger charge is -2.19. The molecule has 1 aromatic carbocycles. The van der Waals surface area contributed by atoms with Crippen molar-refractivity contribution in [1.82, 2.24) is 5.32 Å². The summed E-state index contributed by atoms with van der Waals surface area (Å²) in [5.74, 6) is 1.66. The zero-order chi connectivity index (χ0) is 14.8. The number of benzene rings is 1. The van der Waals surface area contributed by atoms with Crippen molar-refractivity contribution in [3.63, 3.8) is 0 Å². The molecule has 1 saturated carbocycles. The molecule has 2 unspecified atom stereocenters. The van der Waals surface area contributed by atoms with Gasteiger partial charge in [0.05, 0.1) is 0 Å². The number of rotatable bonds is 4. The predicted octanol–water partition coefficient (Wildman–Crippen LogP) is 4.42. The van der Waals surface area contributed by atoms with E-state index >= 15 is 0 Å². The van der Waals surface area contributed by atoms with Gasteiger partial charge in [0, 0.05) is 47.3 Å². The molecule has 1 N–H and O–H groups in total. The van der Waals surface area contributed by atoms with Crippen molar-refractivity contribution in [2.24, 2.45) is 16.8 Å². The number of halogens is 1. The fraction of sp³-hybridized carbons (Fsp3) is 0.500. The molecule has 0 amide bonds.